The summed E-state index contributed by atoms with van der Waals surface area (Å²) >= 11 is 0. The number of aromatic nitrogens is 3. The predicted octanol–water partition coefficient (Wildman–Crippen LogP) is 3.52. The third kappa shape index (κ3) is 8.03. The first-order valence-corrected chi connectivity index (χ1v) is 13.2. The molecule has 0 aliphatic carbocycles. The van der Waals surface area contributed by atoms with Gasteiger partial charge in [0.15, 0.2) is 0 Å². The van der Waals surface area contributed by atoms with Gasteiger partial charge in [0.1, 0.15) is 17.7 Å². The summed E-state index contributed by atoms with van der Waals surface area (Å²) in [6.07, 6.45) is -3.41. The first-order valence-electron chi connectivity index (χ1n) is 13.2. The second kappa shape index (κ2) is 12.6. The molecule has 0 spiro atoms. The maximum absolute atomic E-state index is 13.3. The van der Waals surface area contributed by atoms with E-state index >= 15 is 0 Å². The molecule has 1 aliphatic rings. The highest BCUT2D eigenvalue weighted by molar-refractivity contribution is 5.87. The van der Waals surface area contributed by atoms with Gasteiger partial charge in [-0.2, -0.15) is 18.3 Å². The molecule has 39 heavy (non-hydrogen) atoms. The molecule has 1 aromatic carbocycles. The maximum atomic E-state index is 13.3. The number of fused-ring (bicyclic) bond motifs is 1. The summed E-state index contributed by atoms with van der Waals surface area (Å²) < 4.78 is 40.5. The lowest BCUT2D eigenvalue weighted by molar-refractivity contribution is -0.139. The predicted molar refractivity (Wildman–Crippen MR) is 138 cm³/mol. The Morgan fingerprint density at radius 2 is 1.79 bits per heavy atom. The molecule has 9 nitrogen and oxygen atoms in total. The van der Waals surface area contributed by atoms with E-state index in [1.54, 1.807) is 30.5 Å². The molecule has 2 heterocycles. The van der Waals surface area contributed by atoms with Crippen molar-refractivity contribution in [3.05, 3.63) is 47.0 Å². The summed E-state index contributed by atoms with van der Waals surface area (Å²) in [5, 5.41) is 7.54. The number of nitrogens with zero attached hydrogens (tertiary/aromatic N) is 5. The van der Waals surface area contributed by atoms with Crippen LogP contribution in [0.15, 0.2) is 24.3 Å². The summed E-state index contributed by atoms with van der Waals surface area (Å²) in [5.41, 5.74) is -0.306. The Balaban J connectivity index is 1.88. The number of aryl methyl sites for hydroxylation is 1. The molecule has 12 heteroatoms. The molecule has 1 aliphatic heterocycles. The van der Waals surface area contributed by atoms with Crippen molar-refractivity contribution in [2.75, 3.05) is 20.1 Å². The first kappa shape index (κ1) is 30.1. The number of rotatable bonds is 4. The zero-order valence-electron chi connectivity index (χ0n) is 23.1. The fraction of sp³-hybridized carbons (Fsp3) is 0.593. The quantitative estimate of drug-likeness (QED) is 0.628. The van der Waals surface area contributed by atoms with Gasteiger partial charge in [0.25, 0.3) is 0 Å². The molecule has 0 saturated heterocycles. The zero-order valence-corrected chi connectivity index (χ0v) is 23.1. The number of alkyl halides is 3. The van der Waals surface area contributed by atoms with Crippen LogP contribution in [-0.4, -0.2) is 68.5 Å². The largest absolute Gasteiger partial charge is 0.416 e. The Kier molecular flexibility index (Phi) is 9.73. The zero-order chi connectivity index (χ0) is 28.9. The molecule has 1 aromatic heterocycles. The number of likely N-dealkylation sites (N-methyl/N-ethyl adjacent to an activating group) is 1. The first-order chi connectivity index (χ1) is 18.3. The monoisotopic (exact) mass is 550 g/mol. The molecule has 2 atom stereocenters. The average Bonchev–Trinajstić information content (AvgIpc) is 3.23. The van der Waals surface area contributed by atoms with E-state index in [1.165, 1.54) is 17.0 Å². The van der Waals surface area contributed by atoms with E-state index in [0.29, 0.717) is 36.6 Å². The summed E-state index contributed by atoms with van der Waals surface area (Å²) in [6.45, 7) is 8.34. The minimum Gasteiger partial charge on any atom is -0.344 e. The van der Waals surface area contributed by atoms with Crippen LogP contribution in [0, 0.1) is 12.8 Å². The molecule has 0 bridgehead atoms. The lowest BCUT2D eigenvalue weighted by atomic mass is 10.0. The van der Waals surface area contributed by atoms with E-state index in [9.17, 15) is 27.6 Å². The van der Waals surface area contributed by atoms with Crippen LogP contribution in [0.5, 0.6) is 0 Å². The minimum absolute atomic E-state index is 0.0711. The third-order valence-electron chi connectivity index (χ3n) is 6.89. The Morgan fingerprint density at radius 1 is 1.13 bits per heavy atom. The van der Waals surface area contributed by atoms with Crippen LogP contribution in [0.1, 0.15) is 68.9 Å². The smallest absolute Gasteiger partial charge is 0.344 e. The molecule has 3 rings (SSSR count). The van der Waals surface area contributed by atoms with E-state index < -0.39 is 23.8 Å². The van der Waals surface area contributed by atoms with Gasteiger partial charge >= 0.3 is 6.18 Å². The number of carbonyl (C=O) groups is 3. The Labute approximate surface area is 226 Å². The highest BCUT2D eigenvalue weighted by atomic mass is 19.4. The van der Waals surface area contributed by atoms with Crippen LogP contribution >= 0.6 is 0 Å². The SMILES string of the molecule is Cc1nc2n(n1)CCN(C(=O)Cc1ccc(C(F)(F)F)cc1)CCCC(=O)N(C)[C@@H](C)C(=O)N[C@@H]2CC(C)C. The molecule has 0 fully saturated rings. The summed E-state index contributed by atoms with van der Waals surface area (Å²) in [4.78, 5) is 46.7. The molecule has 0 unspecified atom stereocenters. The van der Waals surface area contributed by atoms with Crippen molar-refractivity contribution in [3.8, 4) is 0 Å². The minimum atomic E-state index is -4.45. The van der Waals surface area contributed by atoms with Gasteiger partial charge in [-0.15, -0.1) is 0 Å². The van der Waals surface area contributed by atoms with Gasteiger partial charge in [0.05, 0.1) is 24.6 Å². The van der Waals surface area contributed by atoms with Gasteiger partial charge in [-0.25, -0.2) is 9.67 Å². The van der Waals surface area contributed by atoms with Crippen LogP contribution in [0.2, 0.25) is 0 Å². The van der Waals surface area contributed by atoms with Crippen LogP contribution in [-0.2, 0) is 33.5 Å². The lowest BCUT2D eigenvalue weighted by Crippen LogP contribution is -2.47. The van der Waals surface area contributed by atoms with Crippen LogP contribution in [0.25, 0.3) is 0 Å². The molecule has 0 saturated carbocycles. The highest BCUT2D eigenvalue weighted by Crippen LogP contribution is 2.29. The second-order valence-electron chi connectivity index (χ2n) is 10.5. The molecule has 0 radical (unpaired) electrons. The van der Waals surface area contributed by atoms with E-state index in [1.807, 2.05) is 13.8 Å². The third-order valence-corrected chi connectivity index (χ3v) is 6.89. The van der Waals surface area contributed by atoms with Gasteiger partial charge in [-0.1, -0.05) is 26.0 Å². The number of halogens is 3. The number of hydrogen-bond acceptors (Lipinski definition) is 5. The number of nitrogens with one attached hydrogen (secondary N) is 1. The molecular formula is C27H37F3N6O3. The molecule has 214 valence electrons. The number of carbonyl (C=O) groups excluding carboxylic acids is 3. The Hall–Kier alpha value is -3.44. The van der Waals surface area contributed by atoms with E-state index in [4.69, 9.17) is 0 Å². The number of amides is 3. The van der Waals surface area contributed by atoms with Crippen molar-refractivity contribution in [2.24, 2.45) is 5.92 Å². The van der Waals surface area contributed by atoms with Crippen LogP contribution < -0.4 is 5.32 Å². The molecule has 3 amide bonds. The number of benzene rings is 1. The van der Waals surface area contributed by atoms with Gasteiger partial charge in [-0.05, 0) is 50.3 Å². The van der Waals surface area contributed by atoms with Gasteiger partial charge in [-0.3, -0.25) is 14.4 Å². The molecule has 2 aromatic rings. The van der Waals surface area contributed by atoms with Crippen molar-refractivity contribution in [2.45, 2.75) is 78.2 Å². The average molecular weight is 551 g/mol. The molecular weight excluding hydrogens is 513 g/mol. The van der Waals surface area contributed by atoms with Gasteiger partial charge in [0, 0.05) is 26.6 Å². The van der Waals surface area contributed by atoms with Crippen molar-refractivity contribution < 1.29 is 27.6 Å². The van der Waals surface area contributed by atoms with E-state index in [-0.39, 0.29) is 49.6 Å². The maximum Gasteiger partial charge on any atom is 0.416 e. The number of hydrogen-bond donors (Lipinski definition) is 1. The van der Waals surface area contributed by atoms with Crippen LogP contribution in [0.3, 0.4) is 0 Å². The van der Waals surface area contributed by atoms with Crippen molar-refractivity contribution in [3.63, 3.8) is 0 Å². The van der Waals surface area contributed by atoms with Crippen LogP contribution in [0.4, 0.5) is 13.2 Å². The standard InChI is InChI=1S/C27H37F3N6O3/c1-17(2)15-22-25-31-19(4)33-36(25)14-13-35(12-6-7-23(37)34(5)18(3)26(39)32-22)24(38)16-20-8-10-21(11-9-20)27(28,29)30/h8-11,17-18,22H,6-7,12-16H2,1-5H3,(H,32,39)/t18-,22+/m0/s1. The summed E-state index contributed by atoms with van der Waals surface area (Å²) in [6, 6.07) is 3.41. The Morgan fingerprint density at radius 3 is 2.41 bits per heavy atom. The summed E-state index contributed by atoms with van der Waals surface area (Å²) in [7, 11) is 1.58. The Bertz CT molecular complexity index is 1160. The van der Waals surface area contributed by atoms with Crippen molar-refractivity contribution in [1.82, 2.24) is 29.9 Å². The van der Waals surface area contributed by atoms with Gasteiger partial charge < -0.3 is 15.1 Å². The molecule has 1 N–H and O–H groups in total. The van der Waals surface area contributed by atoms with E-state index in [2.05, 4.69) is 15.4 Å². The van der Waals surface area contributed by atoms with Gasteiger partial charge in [0.2, 0.25) is 17.7 Å². The normalized spacial score (nSPS) is 20.0. The topological polar surface area (TPSA) is 100 Å². The van der Waals surface area contributed by atoms with Crippen molar-refractivity contribution >= 4 is 17.7 Å². The fourth-order valence-corrected chi connectivity index (χ4v) is 4.55. The summed E-state index contributed by atoms with van der Waals surface area (Å²) in [5.74, 6) is 0.569. The fourth-order valence-electron chi connectivity index (χ4n) is 4.55. The highest BCUT2D eigenvalue weighted by Gasteiger charge is 2.31. The van der Waals surface area contributed by atoms with E-state index in [0.717, 1.165) is 12.1 Å². The second-order valence-corrected chi connectivity index (χ2v) is 10.5. The lowest BCUT2D eigenvalue weighted by Gasteiger charge is -2.29. The van der Waals surface area contributed by atoms with Crippen molar-refractivity contribution in [1.29, 1.82) is 0 Å².